The van der Waals surface area contributed by atoms with Gasteiger partial charge in [0.2, 0.25) is 0 Å². The molecule has 0 N–H and O–H groups in total. The quantitative estimate of drug-likeness (QED) is 0.369. The third kappa shape index (κ3) is 5.51. The molecule has 0 rings (SSSR count). The number of hydrogen-bond donors (Lipinski definition) is 0. The summed E-state index contributed by atoms with van der Waals surface area (Å²) >= 11 is 28.9. The van der Waals surface area contributed by atoms with Crippen molar-refractivity contribution in [3.05, 3.63) is 35.9 Å². The molecule has 0 spiro atoms. The third-order valence-corrected chi connectivity index (χ3v) is 3.63. The molecule has 0 aromatic rings. The van der Waals surface area contributed by atoms with Gasteiger partial charge in [0.25, 0.3) is 0 Å². The Kier molecular flexibility index (Phi) is 7.40. The molecule has 86 valence electrons. The molecule has 0 heterocycles. The first-order valence-electron chi connectivity index (χ1n) is 4.08. The molecule has 0 radical (unpaired) electrons. The Hall–Kier alpha value is 0.670. The largest absolute Gasteiger partial charge is 0.133 e. The van der Waals surface area contributed by atoms with Crippen LogP contribution in [-0.2, 0) is 0 Å². The molecule has 0 aromatic carbocycles. The van der Waals surface area contributed by atoms with Crippen LogP contribution in [0.5, 0.6) is 0 Å². The molecule has 0 saturated carbocycles. The summed E-state index contributed by atoms with van der Waals surface area (Å²) < 4.78 is 0. The number of alkyl halides is 4. The van der Waals surface area contributed by atoms with Gasteiger partial charge in [-0.15, -0.1) is 53.0 Å². The number of rotatable bonds is 5. The highest BCUT2D eigenvalue weighted by atomic mass is 35.5. The molecule has 0 aliphatic heterocycles. The zero-order chi connectivity index (χ0) is 12.1. The minimum Gasteiger partial charge on any atom is -0.116 e. The van der Waals surface area contributed by atoms with Crippen LogP contribution in [0.1, 0.15) is 6.92 Å². The minimum absolute atomic E-state index is 0.421. The average Bonchev–Trinajstić information content (AvgIpc) is 2.17. The number of hydrogen-bond acceptors (Lipinski definition) is 0. The third-order valence-electron chi connectivity index (χ3n) is 1.77. The summed E-state index contributed by atoms with van der Waals surface area (Å²) in [5, 5.41) is -0.421. The van der Waals surface area contributed by atoms with Gasteiger partial charge in [-0.1, -0.05) is 29.8 Å². The Morgan fingerprint density at radius 2 is 1.87 bits per heavy atom. The van der Waals surface area contributed by atoms with Crippen LogP contribution in [0.25, 0.3) is 0 Å². The summed E-state index contributed by atoms with van der Waals surface area (Å²) in [7, 11) is 0. The van der Waals surface area contributed by atoms with Crippen molar-refractivity contribution in [1.82, 2.24) is 0 Å². The summed E-state index contributed by atoms with van der Waals surface area (Å²) in [6.45, 7) is 5.35. The molecule has 0 aliphatic carbocycles. The molecule has 0 bridgehead atoms. The summed E-state index contributed by atoms with van der Waals surface area (Å²) in [4.78, 5) is -1.41. The second kappa shape index (κ2) is 7.09. The Labute approximate surface area is 115 Å². The number of halogens is 5. The monoisotopic (exact) mass is 306 g/mol. The highest BCUT2D eigenvalue weighted by Gasteiger charge is 2.24. The van der Waals surface area contributed by atoms with E-state index in [0.29, 0.717) is 5.57 Å². The first-order valence-corrected chi connectivity index (χ1v) is 6.20. The second-order valence-electron chi connectivity index (χ2n) is 3.03. The lowest BCUT2D eigenvalue weighted by Crippen LogP contribution is -2.24. The fraction of sp³-hybridized carbons (Fsp3) is 0.400. The molecule has 0 aromatic heterocycles. The van der Waals surface area contributed by atoms with Gasteiger partial charge in [-0.3, -0.25) is 0 Å². The highest BCUT2D eigenvalue weighted by molar-refractivity contribution is 6.47. The molecule has 15 heavy (non-hydrogen) atoms. The fourth-order valence-corrected chi connectivity index (χ4v) is 1.49. The van der Waals surface area contributed by atoms with E-state index in [4.69, 9.17) is 58.0 Å². The van der Waals surface area contributed by atoms with Crippen LogP contribution in [0, 0.1) is 0 Å². The normalized spacial score (nSPS) is 19.3. The number of allylic oxidation sites excluding steroid dienone is 4. The molecule has 0 saturated heterocycles. The molecule has 0 unspecified atom stereocenters. The van der Waals surface area contributed by atoms with Crippen molar-refractivity contribution in [3.8, 4) is 0 Å². The van der Waals surface area contributed by atoms with E-state index in [-0.39, 0.29) is 0 Å². The van der Waals surface area contributed by atoms with E-state index in [1.165, 1.54) is 5.54 Å². The summed E-state index contributed by atoms with van der Waals surface area (Å²) in [6.07, 6.45) is 4.88. The Bertz CT molecular complexity index is 265. The van der Waals surface area contributed by atoms with Crippen molar-refractivity contribution in [3.63, 3.8) is 0 Å². The zero-order valence-electron chi connectivity index (χ0n) is 8.06. The predicted octanol–water partition coefficient (Wildman–Crippen LogP) is 5.26. The summed E-state index contributed by atoms with van der Waals surface area (Å²) in [6, 6.07) is 0. The molecule has 5 heteroatoms. The smallest absolute Gasteiger partial charge is 0.116 e. The molecule has 2 atom stereocenters. The predicted molar refractivity (Wildman–Crippen MR) is 72.7 cm³/mol. The van der Waals surface area contributed by atoms with Gasteiger partial charge >= 0.3 is 0 Å². The summed E-state index contributed by atoms with van der Waals surface area (Å²) in [5.41, 5.74) is 1.85. The Morgan fingerprint density at radius 1 is 1.33 bits per heavy atom. The van der Waals surface area contributed by atoms with Crippen LogP contribution >= 0.6 is 58.0 Å². The van der Waals surface area contributed by atoms with Gasteiger partial charge in [0.05, 0.1) is 10.3 Å². The maximum absolute atomic E-state index is 6.06. The SMILES string of the molecule is C=C[C@@](C)(Cl)[C@H](Cl)/C=C/C(=C/Cl)C(Cl)Cl. The van der Waals surface area contributed by atoms with Crippen molar-refractivity contribution in [2.24, 2.45) is 0 Å². The van der Waals surface area contributed by atoms with Gasteiger partial charge in [0, 0.05) is 5.54 Å². The topological polar surface area (TPSA) is 0 Å². The van der Waals surface area contributed by atoms with E-state index in [2.05, 4.69) is 6.58 Å². The van der Waals surface area contributed by atoms with Crippen LogP contribution in [-0.4, -0.2) is 15.1 Å². The summed E-state index contributed by atoms with van der Waals surface area (Å²) in [5.74, 6) is 0. The molecule has 0 fully saturated rings. The lowest BCUT2D eigenvalue weighted by atomic mass is 10.1. The molecule has 0 amide bonds. The van der Waals surface area contributed by atoms with E-state index in [0.717, 1.165) is 0 Å². The maximum atomic E-state index is 6.06. The van der Waals surface area contributed by atoms with Crippen LogP contribution < -0.4 is 0 Å². The second-order valence-corrected chi connectivity index (χ2v) is 5.63. The van der Waals surface area contributed by atoms with E-state index < -0.39 is 15.1 Å². The van der Waals surface area contributed by atoms with E-state index in [1.807, 2.05) is 0 Å². The van der Waals surface area contributed by atoms with E-state index in [1.54, 1.807) is 25.2 Å². The van der Waals surface area contributed by atoms with Gasteiger partial charge in [-0.25, -0.2) is 0 Å². The maximum Gasteiger partial charge on any atom is 0.133 e. The van der Waals surface area contributed by atoms with Crippen LogP contribution in [0.3, 0.4) is 0 Å². The lowest BCUT2D eigenvalue weighted by Gasteiger charge is -2.20. The van der Waals surface area contributed by atoms with Crippen LogP contribution in [0.2, 0.25) is 0 Å². The Balaban J connectivity index is 4.60. The van der Waals surface area contributed by atoms with Crippen molar-refractivity contribution < 1.29 is 0 Å². The van der Waals surface area contributed by atoms with Crippen molar-refractivity contribution in [1.29, 1.82) is 0 Å². The van der Waals surface area contributed by atoms with E-state index >= 15 is 0 Å². The first-order chi connectivity index (χ1) is 6.85. The molecular weight excluding hydrogens is 297 g/mol. The molecular formula is C10H11Cl5. The van der Waals surface area contributed by atoms with Crippen molar-refractivity contribution in [2.75, 3.05) is 0 Å². The Morgan fingerprint density at radius 3 is 2.20 bits per heavy atom. The standard InChI is InChI=1S/C10H11Cl5/c1-3-10(2,15)8(12)5-4-7(6-11)9(13)14/h3-6,8-9H,1H2,2H3/b5-4+,7-6-/t8-,10-/m1/s1. The molecule has 0 aliphatic rings. The lowest BCUT2D eigenvalue weighted by molar-refractivity contribution is 0.801. The van der Waals surface area contributed by atoms with Crippen LogP contribution in [0.15, 0.2) is 35.9 Å². The van der Waals surface area contributed by atoms with Gasteiger partial charge in [0.1, 0.15) is 4.84 Å². The minimum atomic E-state index is -0.719. The van der Waals surface area contributed by atoms with Gasteiger partial charge < -0.3 is 0 Å². The fourth-order valence-electron chi connectivity index (χ4n) is 0.653. The van der Waals surface area contributed by atoms with Crippen molar-refractivity contribution >= 4 is 58.0 Å². The highest BCUT2D eigenvalue weighted by Crippen LogP contribution is 2.27. The zero-order valence-corrected chi connectivity index (χ0v) is 11.8. The first kappa shape index (κ1) is 15.7. The average molecular weight is 308 g/mol. The van der Waals surface area contributed by atoms with Gasteiger partial charge in [-0.2, -0.15) is 0 Å². The van der Waals surface area contributed by atoms with Gasteiger partial charge in [-0.05, 0) is 12.5 Å². The molecule has 0 nitrogen and oxygen atoms in total. The van der Waals surface area contributed by atoms with E-state index in [9.17, 15) is 0 Å². The van der Waals surface area contributed by atoms with Crippen LogP contribution in [0.4, 0.5) is 0 Å². The van der Waals surface area contributed by atoms with Gasteiger partial charge in [0.15, 0.2) is 0 Å². The van der Waals surface area contributed by atoms with Crippen molar-refractivity contribution in [2.45, 2.75) is 22.0 Å².